The zero-order valence-electron chi connectivity index (χ0n) is 9.68. The Morgan fingerprint density at radius 2 is 2.24 bits per heavy atom. The van der Waals surface area contributed by atoms with Gasteiger partial charge in [0.05, 0.1) is 5.56 Å². The molecular formula is C12H15N3O2. The lowest BCUT2D eigenvalue weighted by atomic mass is 10.1. The van der Waals surface area contributed by atoms with Gasteiger partial charge in [0.15, 0.2) is 0 Å². The van der Waals surface area contributed by atoms with Crippen molar-refractivity contribution in [2.45, 2.75) is 26.2 Å². The molecule has 0 fully saturated rings. The summed E-state index contributed by atoms with van der Waals surface area (Å²) in [4.78, 5) is 16.1. The number of anilines is 1. The topological polar surface area (TPSA) is 80.6 Å². The van der Waals surface area contributed by atoms with Crippen molar-refractivity contribution >= 4 is 11.5 Å². The van der Waals surface area contributed by atoms with Gasteiger partial charge in [-0.05, 0) is 25.0 Å². The van der Waals surface area contributed by atoms with Gasteiger partial charge in [0.25, 0.3) is 5.56 Å². The lowest BCUT2D eigenvalue weighted by Crippen LogP contribution is -2.22. The quantitative estimate of drug-likeness (QED) is 0.838. The van der Waals surface area contributed by atoms with Gasteiger partial charge in [0.1, 0.15) is 11.5 Å². The molecule has 0 saturated heterocycles. The molecular weight excluding hydrogens is 218 g/mol. The standard InChI is InChI=1S/C12H15N3O2/c1-2-3-5-8-11(16)14-10-7-4-6-9(13)15(10)12(8)17/h4,6-7,16H,2-3,5,13H2,1H3. The van der Waals surface area contributed by atoms with E-state index in [-0.39, 0.29) is 11.4 Å². The van der Waals surface area contributed by atoms with E-state index in [0.717, 1.165) is 12.8 Å². The molecule has 17 heavy (non-hydrogen) atoms. The molecule has 2 aromatic heterocycles. The predicted molar refractivity (Wildman–Crippen MR) is 66.2 cm³/mol. The molecule has 3 N–H and O–H groups in total. The maximum Gasteiger partial charge on any atom is 0.266 e. The maximum atomic E-state index is 12.2. The first kappa shape index (κ1) is 11.4. The third-order valence-corrected chi connectivity index (χ3v) is 2.73. The van der Waals surface area contributed by atoms with Crippen molar-refractivity contribution < 1.29 is 5.11 Å². The van der Waals surface area contributed by atoms with Crippen molar-refractivity contribution in [2.75, 3.05) is 5.73 Å². The first-order chi connectivity index (χ1) is 8.15. The van der Waals surface area contributed by atoms with Crippen LogP contribution in [-0.2, 0) is 6.42 Å². The van der Waals surface area contributed by atoms with Gasteiger partial charge in [-0.15, -0.1) is 0 Å². The van der Waals surface area contributed by atoms with Gasteiger partial charge < -0.3 is 10.8 Å². The second kappa shape index (κ2) is 4.45. The van der Waals surface area contributed by atoms with Crippen molar-refractivity contribution in [1.29, 1.82) is 0 Å². The van der Waals surface area contributed by atoms with E-state index in [1.165, 1.54) is 4.40 Å². The van der Waals surface area contributed by atoms with Crippen LogP contribution in [0.2, 0.25) is 0 Å². The van der Waals surface area contributed by atoms with E-state index in [0.29, 0.717) is 23.4 Å². The molecule has 0 aliphatic carbocycles. The summed E-state index contributed by atoms with van der Waals surface area (Å²) in [5.74, 6) is 0.145. The summed E-state index contributed by atoms with van der Waals surface area (Å²) in [7, 11) is 0. The van der Waals surface area contributed by atoms with Crippen LogP contribution in [0.4, 0.5) is 5.82 Å². The lowest BCUT2D eigenvalue weighted by Gasteiger charge is -2.07. The van der Waals surface area contributed by atoms with Gasteiger partial charge in [-0.3, -0.25) is 4.79 Å². The monoisotopic (exact) mass is 233 g/mol. The Morgan fingerprint density at radius 1 is 1.47 bits per heavy atom. The molecule has 5 heteroatoms. The number of nitrogen functional groups attached to an aromatic ring is 1. The van der Waals surface area contributed by atoms with Gasteiger partial charge in [0.2, 0.25) is 5.88 Å². The highest BCUT2D eigenvalue weighted by molar-refractivity contribution is 5.49. The fraction of sp³-hybridized carbons (Fsp3) is 0.333. The van der Waals surface area contributed by atoms with Crippen molar-refractivity contribution in [2.24, 2.45) is 0 Å². The summed E-state index contributed by atoms with van der Waals surface area (Å²) in [6.07, 6.45) is 2.31. The number of nitrogens with zero attached hydrogens (tertiary/aromatic N) is 2. The van der Waals surface area contributed by atoms with Gasteiger partial charge in [-0.1, -0.05) is 19.4 Å². The largest absolute Gasteiger partial charge is 0.493 e. The number of aromatic hydroxyl groups is 1. The molecule has 0 amide bonds. The summed E-state index contributed by atoms with van der Waals surface area (Å²) >= 11 is 0. The van der Waals surface area contributed by atoms with E-state index in [4.69, 9.17) is 5.73 Å². The fourth-order valence-electron chi connectivity index (χ4n) is 1.80. The van der Waals surface area contributed by atoms with Gasteiger partial charge in [-0.25, -0.2) is 4.40 Å². The van der Waals surface area contributed by atoms with Crippen LogP contribution in [0.25, 0.3) is 5.65 Å². The Morgan fingerprint density at radius 3 is 2.94 bits per heavy atom. The van der Waals surface area contributed by atoms with Crippen LogP contribution >= 0.6 is 0 Å². The highest BCUT2D eigenvalue weighted by Crippen LogP contribution is 2.15. The van der Waals surface area contributed by atoms with Crippen LogP contribution < -0.4 is 11.3 Å². The van der Waals surface area contributed by atoms with E-state index < -0.39 is 0 Å². The highest BCUT2D eigenvalue weighted by Gasteiger charge is 2.12. The Kier molecular flexibility index (Phi) is 2.99. The number of hydrogen-bond donors (Lipinski definition) is 2. The minimum Gasteiger partial charge on any atom is -0.493 e. The third kappa shape index (κ3) is 1.95. The average Bonchev–Trinajstić information content (AvgIpc) is 2.28. The fourth-order valence-corrected chi connectivity index (χ4v) is 1.80. The lowest BCUT2D eigenvalue weighted by molar-refractivity contribution is 0.443. The van der Waals surface area contributed by atoms with E-state index >= 15 is 0 Å². The molecule has 0 atom stereocenters. The number of nitrogens with two attached hydrogens (primary N) is 1. The van der Waals surface area contributed by atoms with Gasteiger partial charge >= 0.3 is 0 Å². The molecule has 0 saturated carbocycles. The number of aromatic nitrogens is 2. The van der Waals surface area contributed by atoms with E-state index in [1.54, 1.807) is 18.2 Å². The Labute approximate surface area is 98.5 Å². The molecule has 2 heterocycles. The smallest absolute Gasteiger partial charge is 0.266 e. The summed E-state index contributed by atoms with van der Waals surface area (Å²) in [5.41, 5.74) is 6.17. The minimum absolute atomic E-state index is 0.186. The van der Waals surface area contributed by atoms with Crippen LogP contribution in [0.3, 0.4) is 0 Å². The molecule has 0 bridgehead atoms. The average molecular weight is 233 g/mol. The van der Waals surface area contributed by atoms with E-state index in [1.807, 2.05) is 6.92 Å². The number of hydrogen-bond acceptors (Lipinski definition) is 4. The highest BCUT2D eigenvalue weighted by atomic mass is 16.3. The molecule has 90 valence electrons. The zero-order valence-corrected chi connectivity index (χ0v) is 9.68. The number of unbranched alkanes of at least 4 members (excludes halogenated alkanes) is 1. The summed E-state index contributed by atoms with van der Waals surface area (Å²) in [6, 6.07) is 4.97. The van der Waals surface area contributed by atoms with Crippen LogP contribution in [-0.4, -0.2) is 14.5 Å². The first-order valence-electron chi connectivity index (χ1n) is 5.64. The first-order valence-corrected chi connectivity index (χ1v) is 5.64. The summed E-state index contributed by atoms with van der Waals surface area (Å²) in [5, 5.41) is 9.74. The predicted octanol–water partition coefficient (Wildman–Crippen LogP) is 1.32. The molecule has 2 rings (SSSR count). The van der Waals surface area contributed by atoms with Crippen molar-refractivity contribution in [3.63, 3.8) is 0 Å². The van der Waals surface area contributed by atoms with Crippen molar-refractivity contribution in [3.05, 3.63) is 34.1 Å². The van der Waals surface area contributed by atoms with E-state index in [9.17, 15) is 9.90 Å². The summed E-state index contributed by atoms with van der Waals surface area (Å²) in [6.45, 7) is 2.03. The molecule has 0 spiro atoms. The maximum absolute atomic E-state index is 12.2. The number of fused-ring (bicyclic) bond motifs is 1. The van der Waals surface area contributed by atoms with Crippen molar-refractivity contribution in [3.8, 4) is 5.88 Å². The molecule has 0 unspecified atom stereocenters. The molecule has 0 aliphatic heterocycles. The van der Waals surface area contributed by atoms with Crippen LogP contribution in [0.5, 0.6) is 5.88 Å². The van der Waals surface area contributed by atoms with Crippen molar-refractivity contribution in [1.82, 2.24) is 9.38 Å². The second-order valence-electron chi connectivity index (χ2n) is 3.97. The Bertz CT molecular complexity index is 604. The Balaban J connectivity index is 2.70. The van der Waals surface area contributed by atoms with Crippen LogP contribution in [0, 0.1) is 0 Å². The number of pyridine rings is 1. The summed E-state index contributed by atoms with van der Waals surface area (Å²) < 4.78 is 1.32. The zero-order chi connectivity index (χ0) is 12.4. The van der Waals surface area contributed by atoms with Crippen LogP contribution in [0.15, 0.2) is 23.0 Å². The Hall–Kier alpha value is -2.04. The molecule has 0 aromatic carbocycles. The van der Waals surface area contributed by atoms with Gasteiger partial charge in [-0.2, -0.15) is 4.98 Å². The van der Waals surface area contributed by atoms with Crippen LogP contribution in [0.1, 0.15) is 25.3 Å². The molecule has 0 radical (unpaired) electrons. The molecule has 0 aliphatic rings. The second-order valence-corrected chi connectivity index (χ2v) is 3.97. The normalized spacial score (nSPS) is 10.9. The number of rotatable bonds is 3. The third-order valence-electron chi connectivity index (χ3n) is 2.73. The molecule has 2 aromatic rings. The van der Waals surface area contributed by atoms with Gasteiger partial charge in [0, 0.05) is 0 Å². The molecule has 5 nitrogen and oxygen atoms in total. The minimum atomic E-state index is -0.279. The van der Waals surface area contributed by atoms with E-state index in [2.05, 4.69) is 4.98 Å². The SMILES string of the molecule is CCCCc1c(O)nc2cccc(N)n2c1=O.